The van der Waals surface area contributed by atoms with Gasteiger partial charge in [0.15, 0.2) is 11.6 Å². The van der Waals surface area contributed by atoms with Gasteiger partial charge in [-0.1, -0.05) is 0 Å². The van der Waals surface area contributed by atoms with Crippen LogP contribution in [0.1, 0.15) is 39.9 Å². The van der Waals surface area contributed by atoms with E-state index in [1.54, 1.807) is 6.07 Å². The van der Waals surface area contributed by atoms with Crippen LogP contribution in [-0.2, 0) is 0 Å². The Hall–Kier alpha value is -2.74. The molecule has 1 aliphatic rings. The van der Waals surface area contributed by atoms with Crippen molar-refractivity contribution in [3.63, 3.8) is 0 Å². The quantitative estimate of drug-likeness (QED) is 0.718. The fourth-order valence-corrected chi connectivity index (χ4v) is 3.44. The summed E-state index contributed by atoms with van der Waals surface area (Å²) in [6.45, 7) is 1.89. The predicted molar refractivity (Wildman–Crippen MR) is 95.2 cm³/mol. The van der Waals surface area contributed by atoms with E-state index in [2.05, 4.69) is 15.5 Å². The van der Waals surface area contributed by atoms with Gasteiger partial charge in [-0.2, -0.15) is 0 Å². The van der Waals surface area contributed by atoms with E-state index in [0.717, 1.165) is 28.7 Å². The molecule has 3 aromatic rings. The molecule has 0 atom stereocenters. The second-order valence-corrected chi connectivity index (χ2v) is 7.36. The first kappa shape index (κ1) is 16.7. The number of methoxy groups -OCH3 is 1. The molecule has 1 N–H and O–H groups in total. The van der Waals surface area contributed by atoms with Crippen molar-refractivity contribution in [3.05, 3.63) is 46.4 Å². The molecular formula is C18H16FN3O3S. The molecule has 6 nitrogen and oxygen atoms in total. The Bertz CT molecular complexity index is 978. The summed E-state index contributed by atoms with van der Waals surface area (Å²) in [5.41, 5.74) is 0.849. The number of hydrogen-bond acceptors (Lipinski definition) is 6. The van der Waals surface area contributed by atoms with Crippen LogP contribution in [-0.4, -0.2) is 23.2 Å². The first-order valence-electron chi connectivity index (χ1n) is 8.14. The topological polar surface area (TPSA) is 77.2 Å². The van der Waals surface area contributed by atoms with Crippen molar-refractivity contribution < 1.29 is 18.3 Å². The Kier molecular flexibility index (Phi) is 4.20. The van der Waals surface area contributed by atoms with E-state index in [-0.39, 0.29) is 11.3 Å². The van der Waals surface area contributed by atoms with Crippen LogP contribution in [0.15, 0.2) is 28.7 Å². The monoisotopic (exact) mass is 373 g/mol. The molecule has 1 amide bonds. The lowest BCUT2D eigenvalue weighted by Crippen LogP contribution is -2.12. The zero-order chi connectivity index (χ0) is 18.3. The zero-order valence-corrected chi connectivity index (χ0v) is 15.0. The molecule has 0 bridgehead atoms. The summed E-state index contributed by atoms with van der Waals surface area (Å²) < 4.78 is 24.4. The SMILES string of the molecule is COc1ccc(C(=O)Nc2cc(-c3nnc(C4CC4)o3)sc2C)cc1F. The molecule has 2 heterocycles. The van der Waals surface area contributed by atoms with Gasteiger partial charge in [0.05, 0.1) is 17.7 Å². The summed E-state index contributed by atoms with van der Waals surface area (Å²) in [5.74, 6) is 0.630. The van der Waals surface area contributed by atoms with Crippen molar-refractivity contribution in [1.82, 2.24) is 10.2 Å². The summed E-state index contributed by atoms with van der Waals surface area (Å²) in [6.07, 6.45) is 2.18. The highest BCUT2D eigenvalue weighted by Crippen LogP contribution is 2.41. The van der Waals surface area contributed by atoms with Crippen LogP contribution in [0.25, 0.3) is 10.8 Å². The highest BCUT2D eigenvalue weighted by Gasteiger charge is 2.30. The second kappa shape index (κ2) is 6.53. The zero-order valence-electron chi connectivity index (χ0n) is 14.2. The third kappa shape index (κ3) is 3.20. The second-order valence-electron chi connectivity index (χ2n) is 6.10. The molecule has 4 rings (SSSR count). The minimum Gasteiger partial charge on any atom is -0.494 e. The highest BCUT2D eigenvalue weighted by atomic mass is 32.1. The van der Waals surface area contributed by atoms with Gasteiger partial charge in [-0.3, -0.25) is 4.79 Å². The number of carbonyl (C=O) groups excluding carboxylic acids is 1. The number of nitrogens with one attached hydrogen (secondary N) is 1. The summed E-state index contributed by atoms with van der Waals surface area (Å²) in [6, 6.07) is 5.88. The van der Waals surface area contributed by atoms with Gasteiger partial charge in [0.1, 0.15) is 0 Å². The molecule has 0 saturated heterocycles. The largest absolute Gasteiger partial charge is 0.494 e. The van der Waals surface area contributed by atoms with E-state index in [1.165, 1.54) is 30.6 Å². The fourth-order valence-electron chi connectivity index (χ4n) is 2.54. The lowest BCUT2D eigenvalue weighted by Gasteiger charge is -2.06. The lowest BCUT2D eigenvalue weighted by molar-refractivity contribution is 0.102. The summed E-state index contributed by atoms with van der Waals surface area (Å²) in [4.78, 5) is 14.1. The Balaban J connectivity index is 1.53. The van der Waals surface area contributed by atoms with Gasteiger partial charge in [-0.05, 0) is 44.0 Å². The minimum absolute atomic E-state index is 0.0958. The first-order chi connectivity index (χ1) is 12.5. The number of hydrogen-bond donors (Lipinski definition) is 1. The number of amides is 1. The van der Waals surface area contributed by atoms with Crippen molar-refractivity contribution in [2.45, 2.75) is 25.7 Å². The number of thiophene rings is 1. The number of aryl methyl sites for hydroxylation is 1. The summed E-state index contributed by atoms with van der Waals surface area (Å²) in [5, 5.41) is 11.0. The third-order valence-corrected chi connectivity index (χ3v) is 5.20. The van der Waals surface area contributed by atoms with E-state index in [4.69, 9.17) is 9.15 Å². The Labute approximate surface area is 153 Å². The molecule has 0 unspecified atom stereocenters. The van der Waals surface area contributed by atoms with Crippen molar-refractivity contribution in [2.24, 2.45) is 0 Å². The molecule has 0 aliphatic heterocycles. The number of carbonyl (C=O) groups is 1. The first-order valence-corrected chi connectivity index (χ1v) is 8.96. The highest BCUT2D eigenvalue weighted by molar-refractivity contribution is 7.15. The van der Waals surface area contributed by atoms with Crippen LogP contribution >= 0.6 is 11.3 Å². The van der Waals surface area contributed by atoms with Gasteiger partial charge >= 0.3 is 0 Å². The third-order valence-electron chi connectivity index (χ3n) is 4.16. The van der Waals surface area contributed by atoms with Crippen molar-refractivity contribution in [3.8, 4) is 16.5 Å². The molecule has 2 aromatic heterocycles. The smallest absolute Gasteiger partial charge is 0.257 e. The van der Waals surface area contributed by atoms with Gasteiger partial charge in [-0.25, -0.2) is 4.39 Å². The average molecular weight is 373 g/mol. The fraction of sp³-hybridized carbons (Fsp3) is 0.278. The van der Waals surface area contributed by atoms with Gasteiger partial charge in [0, 0.05) is 16.4 Å². The number of benzene rings is 1. The number of aromatic nitrogens is 2. The van der Waals surface area contributed by atoms with E-state index in [9.17, 15) is 9.18 Å². The van der Waals surface area contributed by atoms with Crippen LogP contribution in [0.3, 0.4) is 0 Å². The summed E-state index contributed by atoms with van der Waals surface area (Å²) in [7, 11) is 1.38. The van der Waals surface area contributed by atoms with E-state index in [1.807, 2.05) is 6.92 Å². The van der Waals surface area contributed by atoms with Crippen molar-refractivity contribution in [2.75, 3.05) is 12.4 Å². The minimum atomic E-state index is -0.582. The molecular weight excluding hydrogens is 357 g/mol. The number of nitrogens with zero attached hydrogens (tertiary/aromatic N) is 2. The molecule has 1 fully saturated rings. The maximum absolute atomic E-state index is 13.8. The van der Waals surface area contributed by atoms with Gasteiger partial charge < -0.3 is 14.5 Å². The standard InChI is InChI=1S/C18H16FN3O3S/c1-9-13(20-16(23)11-5-6-14(24-2)12(19)7-11)8-15(26-9)18-22-21-17(25-18)10-3-4-10/h5-8,10H,3-4H2,1-2H3,(H,20,23). The number of anilines is 1. The maximum Gasteiger partial charge on any atom is 0.257 e. The maximum atomic E-state index is 13.8. The number of halogens is 1. The van der Waals surface area contributed by atoms with Crippen LogP contribution in [0.2, 0.25) is 0 Å². The van der Waals surface area contributed by atoms with Crippen LogP contribution in [0, 0.1) is 12.7 Å². The molecule has 26 heavy (non-hydrogen) atoms. The van der Waals surface area contributed by atoms with E-state index >= 15 is 0 Å². The van der Waals surface area contributed by atoms with Gasteiger partial charge in [0.25, 0.3) is 11.8 Å². The number of ether oxygens (including phenoxy) is 1. The van der Waals surface area contributed by atoms with Gasteiger partial charge in [-0.15, -0.1) is 21.5 Å². The van der Waals surface area contributed by atoms with E-state index in [0.29, 0.717) is 23.4 Å². The molecule has 134 valence electrons. The molecule has 1 aromatic carbocycles. The van der Waals surface area contributed by atoms with E-state index < -0.39 is 11.7 Å². The van der Waals surface area contributed by atoms with Crippen LogP contribution in [0.4, 0.5) is 10.1 Å². The molecule has 0 spiro atoms. The average Bonchev–Trinajstić information content (AvgIpc) is 3.25. The van der Waals surface area contributed by atoms with Crippen molar-refractivity contribution >= 4 is 22.9 Å². The van der Waals surface area contributed by atoms with Gasteiger partial charge in [0.2, 0.25) is 5.89 Å². The summed E-state index contributed by atoms with van der Waals surface area (Å²) >= 11 is 1.45. The normalized spacial score (nSPS) is 13.7. The lowest BCUT2D eigenvalue weighted by atomic mass is 10.2. The van der Waals surface area contributed by atoms with Crippen LogP contribution in [0.5, 0.6) is 5.75 Å². The molecule has 8 heteroatoms. The molecule has 1 saturated carbocycles. The predicted octanol–water partition coefficient (Wildman–Crippen LogP) is 4.38. The Morgan fingerprint density at radius 1 is 1.35 bits per heavy atom. The van der Waals surface area contributed by atoms with Crippen LogP contribution < -0.4 is 10.1 Å². The van der Waals surface area contributed by atoms with Crippen molar-refractivity contribution in [1.29, 1.82) is 0 Å². The molecule has 0 radical (unpaired) electrons. The number of rotatable bonds is 5. The Morgan fingerprint density at radius 3 is 2.85 bits per heavy atom. The molecule has 1 aliphatic carbocycles. The Morgan fingerprint density at radius 2 is 2.15 bits per heavy atom.